The van der Waals surface area contributed by atoms with Crippen LogP contribution < -0.4 is 9.47 Å². The molecule has 38 heavy (non-hydrogen) atoms. The lowest BCUT2D eigenvalue weighted by molar-refractivity contribution is -0.126. The molecule has 198 valence electrons. The highest BCUT2D eigenvalue weighted by atomic mass is 19.4. The zero-order valence-electron chi connectivity index (χ0n) is 21.5. The van der Waals surface area contributed by atoms with Crippen molar-refractivity contribution in [2.24, 2.45) is 0 Å². The minimum atomic E-state index is -4.41. The average Bonchev–Trinajstić information content (AvgIpc) is 3.50. The Kier molecular flexibility index (Phi) is 6.82. The molecule has 1 N–H and O–H groups in total. The number of amides is 1. The zero-order valence-corrected chi connectivity index (χ0v) is 21.5. The number of carbonyl (C=O) groups excluding carboxylic acids is 1. The van der Waals surface area contributed by atoms with Crippen LogP contribution in [-0.2, 0) is 6.42 Å². The van der Waals surface area contributed by atoms with Crippen LogP contribution in [0.1, 0.15) is 35.7 Å². The Bertz CT molecular complexity index is 1490. The van der Waals surface area contributed by atoms with Crippen LogP contribution >= 0.6 is 0 Å². The number of carbonyl (C=O) groups is 1. The molecule has 1 aliphatic heterocycles. The quantitative estimate of drug-likeness (QED) is 0.290. The number of nitrogens with zero attached hydrogens (tertiary/aromatic N) is 1. The van der Waals surface area contributed by atoms with Gasteiger partial charge in [-0.2, -0.15) is 13.2 Å². The first-order chi connectivity index (χ1) is 18.2. The number of ether oxygens (including phenoxy) is 2. The van der Waals surface area contributed by atoms with Crippen molar-refractivity contribution in [2.45, 2.75) is 38.4 Å². The van der Waals surface area contributed by atoms with Gasteiger partial charge in [0, 0.05) is 34.6 Å². The van der Waals surface area contributed by atoms with Crippen LogP contribution in [0.3, 0.4) is 0 Å². The number of benzene rings is 3. The summed E-state index contributed by atoms with van der Waals surface area (Å²) < 4.78 is 51.9. The smallest absolute Gasteiger partial charge is 0.393 e. The fourth-order valence-electron chi connectivity index (χ4n) is 5.28. The lowest BCUT2D eigenvalue weighted by Crippen LogP contribution is -2.33. The molecule has 1 aromatic heterocycles. The number of aromatic nitrogens is 1. The fraction of sp³-hybridized carbons (Fsp3) is 0.300. The minimum absolute atomic E-state index is 0.0203. The first kappa shape index (κ1) is 25.7. The van der Waals surface area contributed by atoms with Gasteiger partial charge in [0.05, 0.1) is 26.3 Å². The van der Waals surface area contributed by atoms with E-state index in [4.69, 9.17) is 9.47 Å². The number of likely N-dealkylation sites (tertiary alicyclic amines) is 1. The Hall–Kier alpha value is -3.94. The van der Waals surface area contributed by atoms with Crippen molar-refractivity contribution in [3.8, 4) is 33.9 Å². The van der Waals surface area contributed by atoms with E-state index in [9.17, 15) is 18.0 Å². The summed E-state index contributed by atoms with van der Waals surface area (Å²) >= 11 is 0. The predicted octanol–water partition coefficient (Wildman–Crippen LogP) is 7.25. The fourth-order valence-corrected chi connectivity index (χ4v) is 5.28. The van der Waals surface area contributed by atoms with Crippen molar-refractivity contribution in [3.63, 3.8) is 0 Å². The van der Waals surface area contributed by atoms with Gasteiger partial charge in [-0.25, -0.2) is 0 Å². The van der Waals surface area contributed by atoms with E-state index in [2.05, 4.69) is 4.98 Å². The number of alkyl halides is 3. The van der Waals surface area contributed by atoms with E-state index in [1.165, 1.54) is 14.2 Å². The monoisotopic (exact) mass is 522 g/mol. The second-order valence-corrected chi connectivity index (χ2v) is 9.67. The molecule has 0 spiro atoms. The van der Waals surface area contributed by atoms with Crippen molar-refractivity contribution in [1.29, 1.82) is 0 Å². The van der Waals surface area contributed by atoms with Gasteiger partial charge in [-0.1, -0.05) is 18.2 Å². The summed E-state index contributed by atoms with van der Waals surface area (Å²) in [5, 5.41) is 0.481. The molecule has 0 bridgehead atoms. The van der Waals surface area contributed by atoms with E-state index < -0.39 is 12.6 Å². The summed E-state index contributed by atoms with van der Waals surface area (Å²) in [4.78, 5) is 18.2. The summed E-state index contributed by atoms with van der Waals surface area (Å²) in [6, 6.07) is 17.9. The largest absolute Gasteiger partial charge is 0.493 e. The maximum Gasteiger partial charge on any atom is 0.393 e. The Balaban J connectivity index is 1.59. The number of hydrogen-bond acceptors (Lipinski definition) is 3. The number of H-pyrrole nitrogens is 1. The molecule has 1 saturated heterocycles. The molecular formula is C30H29F3N2O3. The van der Waals surface area contributed by atoms with Crippen LogP contribution in [0.25, 0.3) is 33.3 Å². The molecule has 5 rings (SSSR count). The van der Waals surface area contributed by atoms with Gasteiger partial charge in [0.1, 0.15) is 0 Å². The van der Waals surface area contributed by atoms with Gasteiger partial charge in [-0.15, -0.1) is 0 Å². The van der Waals surface area contributed by atoms with Crippen LogP contribution in [0.4, 0.5) is 13.2 Å². The Morgan fingerprint density at radius 2 is 1.71 bits per heavy atom. The highest BCUT2D eigenvalue weighted by molar-refractivity contribution is 5.97. The van der Waals surface area contributed by atoms with Crippen molar-refractivity contribution >= 4 is 16.8 Å². The van der Waals surface area contributed by atoms with Gasteiger partial charge < -0.3 is 19.4 Å². The Morgan fingerprint density at radius 3 is 2.39 bits per heavy atom. The zero-order chi connectivity index (χ0) is 27.0. The third-order valence-corrected chi connectivity index (χ3v) is 7.21. The van der Waals surface area contributed by atoms with Crippen molar-refractivity contribution in [2.75, 3.05) is 20.8 Å². The molecule has 8 heteroatoms. The Labute approximate surface area is 219 Å². The van der Waals surface area contributed by atoms with Crippen molar-refractivity contribution in [1.82, 2.24) is 9.88 Å². The van der Waals surface area contributed by atoms with E-state index in [1.54, 1.807) is 36.4 Å². The van der Waals surface area contributed by atoms with Crippen LogP contribution in [0.15, 0.2) is 60.7 Å². The lowest BCUT2D eigenvalue weighted by atomic mass is 9.97. The number of aromatic amines is 1. The molecule has 0 saturated carbocycles. The molecule has 4 aromatic rings. The van der Waals surface area contributed by atoms with Gasteiger partial charge in [-0.3, -0.25) is 4.79 Å². The molecule has 1 amide bonds. The number of halogens is 3. The summed E-state index contributed by atoms with van der Waals surface area (Å²) in [5.74, 6) is 0.897. The van der Waals surface area contributed by atoms with Crippen molar-refractivity contribution < 1.29 is 27.4 Å². The lowest BCUT2D eigenvalue weighted by Gasteiger charge is -2.21. The summed E-state index contributed by atoms with van der Waals surface area (Å²) in [7, 11) is 2.99. The summed E-state index contributed by atoms with van der Waals surface area (Å²) in [5.41, 5.74) is 3.77. The van der Waals surface area contributed by atoms with Gasteiger partial charge in [0.15, 0.2) is 11.5 Å². The van der Waals surface area contributed by atoms with Crippen LogP contribution in [0.2, 0.25) is 0 Å². The third kappa shape index (κ3) is 4.95. The highest BCUT2D eigenvalue weighted by Gasteiger charge is 2.32. The van der Waals surface area contributed by atoms with Crippen LogP contribution in [0.5, 0.6) is 11.5 Å². The molecule has 3 aromatic carbocycles. The summed E-state index contributed by atoms with van der Waals surface area (Å²) in [6.07, 6.45) is -3.53. The Morgan fingerprint density at radius 1 is 0.974 bits per heavy atom. The van der Waals surface area contributed by atoms with Gasteiger partial charge in [0.2, 0.25) is 0 Å². The average molecular weight is 523 g/mol. The molecule has 1 atom stereocenters. The van der Waals surface area contributed by atoms with E-state index >= 15 is 0 Å². The molecule has 0 radical (unpaired) electrons. The van der Waals surface area contributed by atoms with Gasteiger partial charge in [-0.05, 0) is 78.9 Å². The normalized spacial score (nSPS) is 15.7. The molecule has 2 heterocycles. The first-order valence-electron chi connectivity index (χ1n) is 12.5. The number of fused-ring (bicyclic) bond motifs is 1. The van der Waals surface area contributed by atoms with E-state index in [1.807, 2.05) is 36.1 Å². The van der Waals surface area contributed by atoms with E-state index in [0.29, 0.717) is 39.2 Å². The second kappa shape index (κ2) is 10.1. The number of hydrogen-bond donors (Lipinski definition) is 1. The van der Waals surface area contributed by atoms with Gasteiger partial charge in [0.25, 0.3) is 5.91 Å². The van der Waals surface area contributed by atoms with Crippen LogP contribution in [0, 0.1) is 0 Å². The molecule has 5 nitrogen and oxygen atoms in total. The maximum atomic E-state index is 13.8. The van der Waals surface area contributed by atoms with E-state index in [-0.39, 0.29) is 17.5 Å². The van der Waals surface area contributed by atoms with E-state index in [0.717, 1.165) is 30.5 Å². The molecular weight excluding hydrogens is 493 g/mol. The SMILES string of the molecule is COc1ccc(-c2[nH]c3ccc(-c4cccc(C(=O)N5CCCC5C)c4)cc3c2CC(F)(F)F)cc1OC. The summed E-state index contributed by atoms with van der Waals surface area (Å²) in [6.45, 7) is 2.78. The first-order valence-corrected chi connectivity index (χ1v) is 12.5. The van der Waals surface area contributed by atoms with Crippen LogP contribution in [-0.4, -0.2) is 48.8 Å². The molecule has 0 aliphatic carbocycles. The predicted molar refractivity (Wildman–Crippen MR) is 142 cm³/mol. The standard InChI is InChI=1S/C30H29F3N2O3/c1-18-6-5-13-35(18)29(36)22-8-4-7-19(14-22)20-9-11-25-23(15-20)24(17-30(31,32)33)28(34-25)21-10-12-26(37-2)27(16-21)38-3/h4,7-12,14-16,18,34H,5-6,13,17H2,1-3H3. The number of methoxy groups -OCH3 is 2. The topological polar surface area (TPSA) is 54.6 Å². The third-order valence-electron chi connectivity index (χ3n) is 7.21. The second-order valence-electron chi connectivity index (χ2n) is 9.67. The molecule has 1 aliphatic rings. The highest BCUT2D eigenvalue weighted by Crippen LogP contribution is 2.39. The van der Waals surface area contributed by atoms with Crippen molar-refractivity contribution in [3.05, 3.63) is 71.8 Å². The molecule has 1 fully saturated rings. The molecule has 1 unspecified atom stereocenters. The number of nitrogens with one attached hydrogen (secondary N) is 1. The maximum absolute atomic E-state index is 13.8. The number of rotatable bonds is 6. The minimum Gasteiger partial charge on any atom is -0.493 e. The van der Waals surface area contributed by atoms with Gasteiger partial charge >= 0.3 is 6.18 Å².